The van der Waals surface area contributed by atoms with Crippen molar-refractivity contribution in [2.24, 2.45) is 0 Å². The van der Waals surface area contributed by atoms with Crippen LogP contribution in [0.2, 0.25) is 0 Å². The molecule has 0 spiro atoms. The Morgan fingerprint density at radius 2 is 1.56 bits per heavy atom. The van der Waals surface area contributed by atoms with E-state index in [0.717, 1.165) is 0 Å². The predicted octanol–water partition coefficient (Wildman–Crippen LogP) is 0.668. The third-order valence-electron chi connectivity index (χ3n) is 3.21. The van der Waals surface area contributed by atoms with Gasteiger partial charge in [0.1, 0.15) is 5.54 Å². The molecule has 1 rings (SSSR count). The maximum atomic E-state index is 12.2. The lowest BCUT2D eigenvalue weighted by Gasteiger charge is -2.37. The van der Waals surface area contributed by atoms with Crippen molar-refractivity contribution in [3.63, 3.8) is 0 Å². The lowest BCUT2D eigenvalue weighted by molar-refractivity contribution is -0.149. The number of piperazine rings is 1. The van der Waals surface area contributed by atoms with E-state index in [1.807, 2.05) is 4.90 Å². The molecular formula is C11H19F3N4. The lowest BCUT2D eigenvalue weighted by atomic mass is 10.0. The predicted molar refractivity (Wildman–Crippen MR) is 62.0 cm³/mol. The summed E-state index contributed by atoms with van der Waals surface area (Å²) in [7, 11) is 1.71. The van der Waals surface area contributed by atoms with Crippen LogP contribution in [0.3, 0.4) is 0 Å². The van der Waals surface area contributed by atoms with Crippen LogP contribution >= 0.6 is 0 Å². The van der Waals surface area contributed by atoms with Gasteiger partial charge in [0.05, 0.1) is 12.6 Å². The van der Waals surface area contributed by atoms with Gasteiger partial charge >= 0.3 is 6.18 Å². The van der Waals surface area contributed by atoms with E-state index in [4.69, 9.17) is 5.26 Å². The highest BCUT2D eigenvalue weighted by molar-refractivity contribution is 5.05. The van der Waals surface area contributed by atoms with Gasteiger partial charge in [-0.1, -0.05) is 0 Å². The van der Waals surface area contributed by atoms with E-state index in [0.29, 0.717) is 32.7 Å². The SMILES string of the molecule is CNC(C)(C#N)CN1CCN(CC(F)(F)F)CC1. The Hall–Kier alpha value is -0.840. The van der Waals surface area contributed by atoms with Gasteiger partial charge in [-0.15, -0.1) is 0 Å². The number of nitriles is 1. The van der Waals surface area contributed by atoms with Gasteiger partial charge in [-0.25, -0.2) is 0 Å². The summed E-state index contributed by atoms with van der Waals surface area (Å²) in [6, 6.07) is 2.18. The number of alkyl halides is 3. The first-order valence-corrected chi connectivity index (χ1v) is 5.90. The van der Waals surface area contributed by atoms with Crippen molar-refractivity contribution in [3.8, 4) is 6.07 Å². The summed E-state index contributed by atoms with van der Waals surface area (Å²) in [5.74, 6) is 0. The smallest absolute Gasteiger partial charge is 0.302 e. The Balaban J connectivity index is 2.38. The van der Waals surface area contributed by atoms with Crippen LogP contribution in [0.5, 0.6) is 0 Å². The number of halogens is 3. The molecule has 0 aromatic heterocycles. The minimum atomic E-state index is -4.13. The van der Waals surface area contributed by atoms with Crippen molar-refractivity contribution in [3.05, 3.63) is 0 Å². The fraction of sp³-hybridized carbons (Fsp3) is 0.909. The quantitative estimate of drug-likeness (QED) is 0.810. The summed E-state index contributed by atoms with van der Waals surface area (Å²) < 4.78 is 36.6. The van der Waals surface area contributed by atoms with E-state index in [1.54, 1.807) is 14.0 Å². The maximum absolute atomic E-state index is 12.2. The van der Waals surface area contributed by atoms with E-state index in [2.05, 4.69) is 11.4 Å². The Labute approximate surface area is 105 Å². The first-order chi connectivity index (χ1) is 8.28. The van der Waals surface area contributed by atoms with Crippen molar-refractivity contribution >= 4 is 0 Å². The summed E-state index contributed by atoms with van der Waals surface area (Å²) in [6.45, 7) is 3.39. The topological polar surface area (TPSA) is 42.3 Å². The Bertz CT molecular complexity index is 304. The van der Waals surface area contributed by atoms with Gasteiger partial charge < -0.3 is 5.32 Å². The molecule has 1 saturated heterocycles. The maximum Gasteiger partial charge on any atom is 0.401 e. The zero-order valence-corrected chi connectivity index (χ0v) is 10.7. The van der Waals surface area contributed by atoms with Crippen LogP contribution < -0.4 is 5.32 Å². The monoisotopic (exact) mass is 264 g/mol. The molecule has 1 aliphatic rings. The molecule has 1 heterocycles. The van der Waals surface area contributed by atoms with Gasteiger partial charge in [-0.3, -0.25) is 9.80 Å². The summed E-state index contributed by atoms with van der Waals surface area (Å²) in [5.41, 5.74) is -0.647. The number of nitrogens with one attached hydrogen (secondary N) is 1. The summed E-state index contributed by atoms with van der Waals surface area (Å²) in [6.07, 6.45) is -4.13. The number of nitrogens with zero attached hydrogens (tertiary/aromatic N) is 3. The van der Waals surface area contributed by atoms with Crippen LogP contribution in [0.1, 0.15) is 6.92 Å². The van der Waals surface area contributed by atoms with E-state index >= 15 is 0 Å². The molecule has 18 heavy (non-hydrogen) atoms. The molecule has 0 radical (unpaired) electrons. The van der Waals surface area contributed by atoms with Gasteiger partial charge in [0.2, 0.25) is 0 Å². The minimum Gasteiger partial charge on any atom is -0.302 e. The number of hydrogen-bond donors (Lipinski definition) is 1. The van der Waals surface area contributed by atoms with E-state index in [-0.39, 0.29) is 0 Å². The summed E-state index contributed by atoms with van der Waals surface area (Å²) >= 11 is 0. The molecule has 0 aromatic carbocycles. The van der Waals surface area contributed by atoms with Crippen LogP contribution in [-0.4, -0.2) is 67.8 Å². The number of rotatable bonds is 4. The number of hydrogen-bond acceptors (Lipinski definition) is 4. The second-order valence-electron chi connectivity index (χ2n) is 4.86. The zero-order chi connectivity index (χ0) is 13.8. The molecule has 0 bridgehead atoms. The third-order valence-corrected chi connectivity index (χ3v) is 3.21. The molecule has 0 amide bonds. The van der Waals surface area contributed by atoms with Gasteiger partial charge in [-0.2, -0.15) is 18.4 Å². The van der Waals surface area contributed by atoms with Crippen molar-refractivity contribution in [2.75, 3.05) is 46.3 Å². The summed E-state index contributed by atoms with van der Waals surface area (Å²) in [5, 5.41) is 12.0. The highest BCUT2D eigenvalue weighted by Crippen LogP contribution is 2.18. The average Bonchev–Trinajstić information content (AvgIpc) is 2.30. The Morgan fingerprint density at radius 1 is 1.11 bits per heavy atom. The highest BCUT2D eigenvalue weighted by Gasteiger charge is 2.33. The van der Waals surface area contributed by atoms with Crippen LogP contribution in [-0.2, 0) is 0 Å². The first kappa shape index (κ1) is 15.2. The molecular weight excluding hydrogens is 245 g/mol. The zero-order valence-electron chi connectivity index (χ0n) is 10.7. The van der Waals surface area contributed by atoms with Gasteiger partial charge in [0, 0.05) is 32.7 Å². The van der Waals surface area contributed by atoms with Gasteiger partial charge in [-0.05, 0) is 14.0 Å². The van der Waals surface area contributed by atoms with Crippen molar-refractivity contribution in [1.29, 1.82) is 5.26 Å². The van der Waals surface area contributed by atoms with Crippen molar-refractivity contribution < 1.29 is 13.2 Å². The fourth-order valence-corrected chi connectivity index (χ4v) is 1.98. The molecule has 0 saturated carbocycles. The average molecular weight is 264 g/mol. The van der Waals surface area contributed by atoms with Crippen molar-refractivity contribution in [1.82, 2.24) is 15.1 Å². The molecule has 0 aromatic rings. The second kappa shape index (κ2) is 5.87. The third kappa shape index (κ3) is 4.80. The summed E-state index contributed by atoms with van der Waals surface area (Å²) in [4.78, 5) is 3.42. The molecule has 1 aliphatic heterocycles. The highest BCUT2D eigenvalue weighted by atomic mass is 19.4. The first-order valence-electron chi connectivity index (χ1n) is 5.90. The molecule has 1 unspecified atom stereocenters. The van der Waals surface area contributed by atoms with Crippen LogP contribution in [0.15, 0.2) is 0 Å². The Kier molecular flexibility index (Phi) is 4.96. The molecule has 104 valence electrons. The van der Waals surface area contributed by atoms with E-state index in [9.17, 15) is 13.2 Å². The second-order valence-corrected chi connectivity index (χ2v) is 4.86. The molecule has 7 heteroatoms. The van der Waals surface area contributed by atoms with Crippen LogP contribution in [0.25, 0.3) is 0 Å². The molecule has 4 nitrogen and oxygen atoms in total. The molecule has 1 atom stereocenters. The molecule has 0 aliphatic carbocycles. The molecule has 1 N–H and O–H groups in total. The Morgan fingerprint density at radius 3 is 1.89 bits per heavy atom. The van der Waals surface area contributed by atoms with Crippen molar-refractivity contribution in [2.45, 2.75) is 18.6 Å². The minimum absolute atomic E-state index is 0.394. The standard InChI is InChI=1S/C11H19F3N4/c1-10(7-15,16-2)8-17-3-5-18(6-4-17)9-11(12,13)14/h16H,3-6,8-9H2,1-2H3. The van der Waals surface area contributed by atoms with E-state index in [1.165, 1.54) is 4.90 Å². The van der Waals surface area contributed by atoms with Gasteiger partial charge in [0.25, 0.3) is 0 Å². The largest absolute Gasteiger partial charge is 0.401 e. The molecule has 1 fully saturated rings. The van der Waals surface area contributed by atoms with Gasteiger partial charge in [0.15, 0.2) is 0 Å². The fourth-order valence-electron chi connectivity index (χ4n) is 1.98. The van der Waals surface area contributed by atoms with Crippen LogP contribution in [0.4, 0.5) is 13.2 Å². The normalized spacial score (nSPS) is 22.4. The van der Waals surface area contributed by atoms with Crippen LogP contribution in [0, 0.1) is 11.3 Å². The van der Waals surface area contributed by atoms with E-state index < -0.39 is 18.3 Å². The lowest BCUT2D eigenvalue weighted by Crippen LogP contribution is -2.55. The number of likely N-dealkylation sites (N-methyl/N-ethyl adjacent to an activating group) is 1.